The highest BCUT2D eigenvalue weighted by atomic mass is 16.5. The Morgan fingerprint density at radius 3 is 2.34 bits per heavy atom. The lowest BCUT2D eigenvalue weighted by molar-refractivity contribution is -0.118. The predicted molar refractivity (Wildman–Crippen MR) is 121 cm³/mol. The van der Waals surface area contributed by atoms with Crippen LogP contribution in [0.3, 0.4) is 0 Å². The van der Waals surface area contributed by atoms with Gasteiger partial charge in [-0.1, -0.05) is 17.7 Å². The fourth-order valence-corrected chi connectivity index (χ4v) is 2.81. The standard InChI is InChI=1S/C25H26N2O5/c1-17-6-8-19(9-7-17)24(28)27-23(15-22-5-4-14-31-22)25(29)26-18(2)16-32-21-12-10-20(30-3)11-13-21/h4-15,18H,16H2,1-3H3,(H,26,29)(H,27,28)/b23-15-/t18-/m1/s1. The Morgan fingerprint density at radius 1 is 1.03 bits per heavy atom. The molecule has 3 aromatic rings. The zero-order chi connectivity index (χ0) is 22.9. The number of carbonyl (C=O) groups excluding carboxylic acids is 2. The number of methoxy groups -OCH3 is 1. The smallest absolute Gasteiger partial charge is 0.268 e. The number of furan rings is 1. The zero-order valence-electron chi connectivity index (χ0n) is 18.3. The van der Waals surface area contributed by atoms with Crippen molar-refractivity contribution in [3.05, 3.63) is 89.5 Å². The fraction of sp³-hybridized carbons (Fsp3) is 0.200. The second-order valence-corrected chi connectivity index (χ2v) is 7.25. The summed E-state index contributed by atoms with van der Waals surface area (Å²) in [6.45, 7) is 4.00. The summed E-state index contributed by atoms with van der Waals surface area (Å²) in [4.78, 5) is 25.5. The molecule has 0 radical (unpaired) electrons. The molecule has 2 N–H and O–H groups in total. The third-order valence-electron chi connectivity index (χ3n) is 4.57. The number of carbonyl (C=O) groups is 2. The summed E-state index contributed by atoms with van der Waals surface area (Å²) in [6.07, 6.45) is 2.98. The average Bonchev–Trinajstić information content (AvgIpc) is 3.31. The summed E-state index contributed by atoms with van der Waals surface area (Å²) >= 11 is 0. The lowest BCUT2D eigenvalue weighted by Crippen LogP contribution is -2.41. The fourth-order valence-electron chi connectivity index (χ4n) is 2.81. The predicted octanol–water partition coefficient (Wildman–Crippen LogP) is 3.95. The van der Waals surface area contributed by atoms with Crippen molar-refractivity contribution in [2.24, 2.45) is 0 Å². The van der Waals surface area contributed by atoms with Gasteiger partial charge < -0.3 is 24.5 Å². The highest BCUT2D eigenvalue weighted by molar-refractivity contribution is 6.05. The van der Waals surface area contributed by atoms with Crippen LogP contribution >= 0.6 is 0 Å². The van der Waals surface area contributed by atoms with E-state index in [1.54, 1.807) is 55.6 Å². The van der Waals surface area contributed by atoms with E-state index >= 15 is 0 Å². The molecule has 7 nitrogen and oxygen atoms in total. The first-order chi connectivity index (χ1) is 15.4. The summed E-state index contributed by atoms with van der Waals surface area (Å²) in [5.74, 6) is 0.996. The van der Waals surface area contributed by atoms with Crippen LogP contribution in [-0.2, 0) is 4.79 Å². The number of hydrogen-bond acceptors (Lipinski definition) is 5. The van der Waals surface area contributed by atoms with Gasteiger partial charge in [0.1, 0.15) is 29.6 Å². The molecule has 32 heavy (non-hydrogen) atoms. The van der Waals surface area contributed by atoms with Crippen molar-refractivity contribution in [3.63, 3.8) is 0 Å². The van der Waals surface area contributed by atoms with Crippen molar-refractivity contribution in [1.82, 2.24) is 10.6 Å². The number of rotatable bonds is 9. The van der Waals surface area contributed by atoms with Gasteiger partial charge in [0.05, 0.1) is 19.4 Å². The second-order valence-electron chi connectivity index (χ2n) is 7.25. The molecular weight excluding hydrogens is 408 g/mol. The summed E-state index contributed by atoms with van der Waals surface area (Å²) in [5.41, 5.74) is 1.56. The molecule has 0 unspecified atom stereocenters. The molecule has 1 aromatic heterocycles. The van der Waals surface area contributed by atoms with Gasteiger partial charge in [0.25, 0.3) is 11.8 Å². The molecule has 7 heteroatoms. The van der Waals surface area contributed by atoms with Crippen molar-refractivity contribution in [2.45, 2.75) is 19.9 Å². The molecule has 0 aliphatic heterocycles. The molecule has 0 aliphatic rings. The van der Waals surface area contributed by atoms with Crippen LogP contribution in [0, 0.1) is 6.92 Å². The quantitative estimate of drug-likeness (QED) is 0.498. The average molecular weight is 434 g/mol. The summed E-state index contributed by atoms with van der Waals surface area (Å²) in [7, 11) is 1.60. The Balaban J connectivity index is 1.65. The number of nitrogens with one attached hydrogen (secondary N) is 2. The highest BCUT2D eigenvalue weighted by Gasteiger charge is 2.17. The number of benzene rings is 2. The molecule has 0 aliphatic carbocycles. The Hall–Kier alpha value is -4.00. The maximum absolute atomic E-state index is 12.9. The molecule has 0 saturated heterocycles. The summed E-state index contributed by atoms with van der Waals surface area (Å²) in [5, 5.41) is 5.52. The maximum atomic E-state index is 12.9. The van der Waals surface area contributed by atoms with E-state index in [1.807, 2.05) is 26.0 Å². The first kappa shape index (κ1) is 22.7. The minimum Gasteiger partial charge on any atom is -0.497 e. The van der Waals surface area contributed by atoms with Gasteiger partial charge in [-0.15, -0.1) is 0 Å². The maximum Gasteiger partial charge on any atom is 0.268 e. The second kappa shape index (κ2) is 10.9. The summed E-state index contributed by atoms with van der Waals surface area (Å²) < 4.78 is 16.1. The van der Waals surface area contributed by atoms with E-state index in [-0.39, 0.29) is 24.3 Å². The Kier molecular flexibility index (Phi) is 7.70. The molecule has 0 saturated carbocycles. The van der Waals surface area contributed by atoms with Gasteiger partial charge in [0.2, 0.25) is 0 Å². The SMILES string of the molecule is COc1ccc(OC[C@@H](C)NC(=O)/C(=C/c2ccco2)NC(=O)c2ccc(C)cc2)cc1. The molecule has 0 spiro atoms. The molecule has 0 bridgehead atoms. The van der Waals surface area contributed by atoms with Crippen LogP contribution in [0.2, 0.25) is 0 Å². The third-order valence-corrected chi connectivity index (χ3v) is 4.57. The number of aryl methyl sites for hydroxylation is 1. The van der Waals surface area contributed by atoms with E-state index < -0.39 is 5.91 Å². The molecular formula is C25H26N2O5. The van der Waals surface area contributed by atoms with E-state index in [0.717, 1.165) is 11.3 Å². The molecule has 1 heterocycles. The Labute approximate surface area is 187 Å². The molecule has 2 amide bonds. The Bertz CT molecular complexity index is 1050. The van der Waals surface area contributed by atoms with Crippen molar-refractivity contribution in [2.75, 3.05) is 13.7 Å². The van der Waals surface area contributed by atoms with E-state index in [9.17, 15) is 9.59 Å². The molecule has 1 atom stereocenters. The van der Waals surface area contributed by atoms with Crippen LogP contribution in [-0.4, -0.2) is 31.6 Å². The lowest BCUT2D eigenvalue weighted by Gasteiger charge is -2.17. The van der Waals surface area contributed by atoms with Gasteiger partial charge in [-0.05, 0) is 62.4 Å². The first-order valence-electron chi connectivity index (χ1n) is 10.2. The van der Waals surface area contributed by atoms with Crippen LogP contribution in [0.4, 0.5) is 0 Å². The van der Waals surface area contributed by atoms with Gasteiger partial charge in [-0.25, -0.2) is 0 Å². The van der Waals surface area contributed by atoms with Crippen LogP contribution in [0.5, 0.6) is 11.5 Å². The van der Waals surface area contributed by atoms with E-state index in [4.69, 9.17) is 13.9 Å². The van der Waals surface area contributed by atoms with Crippen LogP contribution in [0.1, 0.15) is 28.6 Å². The monoisotopic (exact) mass is 434 g/mol. The topological polar surface area (TPSA) is 89.8 Å². The minimum atomic E-state index is -0.451. The van der Waals surface area contributed by atoms with Gasteiger partial charge in [0, 0.05) is 11.6 Å². The van der Waals surface area contributed by atoms with Crippen LogP contribution < -0.4 is 20.1 Å². The van der Waals surface area contributed by atoms with Crippen molar-refractivity contribution < 1.29 is 23.5 Å². The van der Waals surface area contributed by atoms with Crippen LogP contribution in [0.15, 0.2) is 77.0 Å². The van der Waals surface area contributed by atoms with E-state index in [0.29, 0.717) is 17.1 Å². The first-order valence-corrected chi connectivity index (χ1v) is 10.2. The number of amides is 2. The number of ether oxygens (including phenoxy) is 2. The zero-order valence-corrected chi connectivity index (χ0v) is 18.3. The number of hydrogen-bond donors (Lipinski definition) is 2. The third kappa shape index (κ3) is 6.50. The molecule has 2 aromatic carbocycles. The minimum absolute atomic E-state index is 0.0711. The lowest BCUT2D eigenvalue weighted by atomic mass is 10.1. The highest BCUT2D eigenvalue weighted by Crippen LogP contribution is 2.17. The van der Waals surface area contributed by atoms with Crippen LogP contribution in [0.25, 0.3) is 6.08 Å². The normalized spacial score (nSPS) is 12.0. The van der Waals surface area contributed by atoms with E-state index in [2.05, 4.69) is 10.6 Å². The van der Waals surface area contributed by atoms with Gasteiger partial charge in [-0.3, -0.25) is 9.59 Å². The Morgan fingerprint density at radius 2 is 1.72 bits per heavy atom. The van der Waals surface area contributed by atoms with Gasteiger partial charge >= 0.3 is 0 Å². The van der Waals surface area contributed by atoms with Gasteiger partial charge in [-0.2, -0.15) is 0 Å². The molecule has 0 fully saturated rings. The van der Waals surface area contributed by atoms with Crippen molar-refractivity contribution in [1.29, 1.82) is 0 Å². The molecule has 3 rings (SSSR count). The largest absolute Gasteiger partial charge is 0.497 e. The van der Waals surface area contributed by atoms with Gasteiger partial charge in [0.15, 0.2) is 0 Å². The molecule has 166 valence electrons. The van der Waals surface area contributed by atoms with Crippen molar-refractivity contribution in [3.8, 4) is 11.5 Å². The van der Waals surface area contributed by atoms with E-state index in [1.165, 1.54) is 12.3 Å². The van der Waals surface area contributed by atoms with Crippen molar-refractivity contribution >= 4 is 17.9 Å². The summed E-state index contributed by atoms with van der Waals surface area (Å²) in [6, 6.07) is 17.3.